The molecular weight excluding hydrogens is 360 g/mol. The van der Waals surface area contributed by atoms with Crippen molar-refractivity contribution in [3.05, 3.63) is 29.3 Å². The molecule has 0 fully saturated rings. The van der Waals surface area contributed by atoms with Crippen molar-refractivity contribution in [1.82, 2.24) is 15.5 Å². The molecule has 1 aromatic carbocycles. The first-order valence-electron chi connectivity index (χ1n) is 7.74. The van der Waals surface area contributed by atoms with Gasteiger partial charge in [-0.3, -0.25) is 4.79 Å². The van der Waals surface area contributed by atoms with Crippen LogP contribution in [-0.4, -0.2) is 26.9 Å². The quantitative estimate of drug-likeness (QED) is 0.766. The number of nitriles is 1. The molecule has 0 saturated heterocycles. The summed E-state index contributed by atoms with van der Waals surface area (Å²) in [6.45, 7) is 7.21. The molecule has 2 aromatic rings. The summed E-state index contributed by atoms with van der Waals surface area (Å²) in [5.74, 6) is 0.0865. The van der Waals surface area contributed by atoms with Crippen molar-refractivity contribution in [2.45, 2.75) is 43.7 Å². The fraction of sp³-hybridized carbons (Fsp3) is 0.412. The van der Waals surface area contributed by atoms with Crippen LogP contribution in [0.4, 0.5) is 0 Å². The fourth-order valence-corrected chi connectivity index (χ4v) is 2.64. The maximum Gasteiger partial charge on any atom is 0.277 e. The minimum atomic E-state index is -0.921. The average Bonchev–Trinajstić information content (AvgIpc) is 3.03. The zero-order valence-corrected chi connectivity index (χ0v) is 16.0. The van der Waals surface area contributed by atoms with Crippen LogP contribution in [-0.2, 0) is 4.79 Å². The van der Waals surface area contributed by atoms with Crippen molar-refractivity contribution in [3.8, 4) is 17.5 Å². The third-order valence-corrected chi connectivity index (χ3v) is 5.10. The maximum absolute atomic E-state index is 12.4. The molecule has 0 saturated carbocycles. The molecule has 1 heterocycles. The standard InChI is InChI=1S/C17H19ClN4O2S/c1-10(2)17(4,9-19)20-14(23)11(3)25-16-22-21-15(24-16)12-5-7-13(18)8-6-12/h5-8,10-11H,1-4H3,(H,20,23)/t11-,17-/m1/s1. The van der Waals surface area contributed by atoms with Gasteiger partial charge in [-0.1, -0.05) is 37.2 Å². The molecule has 1 amide bonds. The van der Waals surface area contributed by atoms with Gasteiger partial charge < -0.3 is 9.73 Å². The lowest BCUT2D eigenvalue weighted by molar-refractivity contribution is -0.121. The van der Waals surface area contributed by atoms with Crippen molar-refractivity contribution >= 4 is 29.3 Å². The molecule has 2 atom stereocenters. The highest BCUT2D eigenvalue weighted by Crippen LogP contribution is 2.27. The Kier molecular flexibility index (Phi) is 6.09. The Hall–Kier alpha value is -2.04. The number of nitrogens with zero attached hydrogens (tertiary/aromatic N) is 3. The lowest BCUT2D eigenvalue weighted by Crippen LogP contribution is -2.51. The molecular formula is C17H19ClN4O2S. The summed E-state index contributed by atoms with van der Waals surface area (Å²) in [5, 5.41) is 20.5. The van der Waals surface area contributed by atoms with E-state index < -0.39 is 10.8 Å². The molecule has 1 aromatic heterocycles. The highest BCUT2D eigenvalue weighted by molar-refractivity contribution is 8.00. The number of benzene rings is 1. The number of nitrogens with one attached hydrogen (secondary N) is 1. The number of aromatic nitrogens is 2. The van der Waals surface area contributed by atoms with E-state index in [2.05, 4.69) is 21.6 Å². The largest absolute Gasteiger partial charge is 0.411 e. The van der Waals surface area contributed by atoms with Crippen LogP contribution in [0.2, 0.25) is 5.02 Å². The van der Waals surface area contributed by atoms with E-state index in [9.17, 15) is 10.1 Å². The number of carbonyl (C=O) groups excluding carboxylic acids is 1. The molecule has 0 aliphatic heterocycles. The number of thioether (sulfide) groups is 1. The zero-order chi connectivity index (χ0) is 18.6. The van der Waals surface area contributed by atoms with Gasteiger partial charge >= 0.3 is 0 Å². The van der Waals surface area contributed by atoms with Crippen molar-refractivity contribution < 1.29 is 9.21 Å². The first-order valence-corrected chi connectivity index (χ1v) is 9.00. The molecule has 8 heteroatoms. The molecule has 132 valence electrons. The Bertz CT molecular complexity index is 785. The molecule has 0 unspecified atom stereocenters. The third kappa shape index (κ3) is 4.74. The van der Waals surface area contributed by atoms with Gasteiger partial charge in [0.1, 0.15) is 5.54 Å². The summed E-state index contributed by atoms with van der Waals surface area (Å²) in [7, 11) is 0. The number of hydrogen-bond donors (Lipinski definition) is 1. The van der Waals surface area contributed by atoms with Gasteiger partial charge in [-0.2, -0.15) is 5.26 Å². The average molecular weight is 379 g/mol. The van der Waals surface area contributed by atoms with Crippen LogP contribution in [0.25, 0.3) is 11.5 Å². The smallest absolute Gasteiger partial charge is 0.277 e. The molecule has 0 spiro atoms. The maximum atomic E-state index is 12.4. The normalized spacial score (nSPS) is 14.6. The summed E-state index contributed by atoms with van der Waals surface area (Å²) in [4.78, 5) is 12.4. The monoisotopic (exact) mass is 378 g/mol. The number of rotatable bonds is 6. The van der Waals surface area contributed by atoms with Gasteiger partial charge in [0.15, 0.2) is 0 Å². The SMILES string of the molecule is CC(C)[C@@](C)(C#N)NC(=O)[C@@H](C)Sc1nnc(-c2ccc(Cl)cc2)o1. The van der Waals surface area contributed by atoms with Gasteiger partial charge in [0, 0.05) is 10.6 Å². The summed E-state index contributed by atoms with van der Waals surface area (Å²) >= 11 is 7.00. The van der Waals surface area contributed by atoms with Gasteiger partial charge in [-0.15, -0.1) is 10.2 Å². The van der Waals surface area contributed by atoms with Gasteiger partial charge in [0.05, 0.1) is 11.3 Å². The highest BCUT2D eigenvalue weighted by Gasteiger charge is 2.32. The second kappa shape index (κ2) is 7.89. The van der Waals surface area contributed by atoms with Crippen LogP contribution in [0.1, 0.15) is 27.7 Å². The lowest BCUT2D eigenvalue weighted by Gasteiger charge is -2.28. The number of amides is 1. The Morgan fingerprint density at radius 2 is 1.96 bits per heavy atom. The predicted molar refractivity (Wildman–Crippen MR) is 97.1 cm³/mol. The van der Waals surface area contributed by atoms with E-state index in [1.807, 2.05) is 13.8 Å². The van der Waals surface area contributed by atoms with Crippen LogP contribution in [0.5, 0.6) is 0 Å². The predicted octanol–water partition coefficient (Wildman–Crippen LogP) is 3.93. The first-order chi connectivity index (χ1) is 11.7. The van der Waals surface area contributed by atoms with Crippen molar-refractivity contribution in [3.63, 3.8) is 0 Å². The van der Waals surface area contributed by atoms with E-state index in [1.54, 1.807) is 38.1 Å². The Morgan fingerprint density at radius 3 is 2.52 bits per heavy atom. The Morgan fingerprint density at radius 1 is 1.32 bits per heavy atom. The number of halogens is 1. The summed E-state index contributed by atoms with van der Waals surface area (Å²) in [6.07, 6.45) is 0. The molecule has 6 nitrogen and oxygen atoms in total. The highest BCUT2D eigenvalue weighted by atomic mass is 35.5. The topological polar surface area (TPSA) is 91.8 Å². The van der Waals surface area contributed by atoms with Crippen LogP contribution in [0.3, 0.4) is 0 Å². The minimum absolute atomic E-state index is 0.0152. The molecule has 25 heavy (non-hydrogen) atoms. The van der Waals surface area contributed by atoms with E-state index in [0.29, 0.717) is 10.9 Å². The summed E-state index contributed by atoms with van der Waals surface area (Å²) < 4.78 is 5.59. The Labute approximate surface area is 156 Å². The van der Waals surface area contributed by atoms with Crippen LogP contribution >= 0.6 is 23.4 Å². The molecule has 1 N–H and O–H groups in total. The van der Waals surface area contributed by atoms with Gasteiger partial charge in [0.2, 0.25) is 11.8 Å². The molecule has 0 aliphatic carbocycles. The molecule has 2 rings (SSSR count). The van der Waals surface area contributed by atoms with E-state index in [4.69, 9.17) is 16.0 Å². The van der Waals surface area contributed by atoms with E-state index in [1.165, 1.54) is 0 Å². The zero-order valence-electron chi connectivity index (χ0n) is 14.4. The molecule has 0 bridgehead atoms. The third-order valence-electron chi connectivity index (χ3n) is 3.91. The Balaban J connectivity index is 2.04. The van der Waals surface area contributed by atoms with Crippen molar-refractivity contribution in [2.75, 3.05) is 0 Å². The van der Waals surface area contributed by atoms with Crippen LogP contribution in [0.15, 0.2) is 33.9 Å². The van der Waals surface area contributed by atoms with Crippen LogP contribution in [0, 0.1) is 17.2 Å². The van der Waals surface area contributed by atoms with E-state index in [0.717, 1.165) is 17.3 Å². The van der Waals surface area contributed by atoms with E-state index >= 15 is 0 Å². The summed E-state index contributed by atoms with van der Waals surface area (Å²) in [6, 6.07) is 9.18. The van der Waals surface area contributed by atoms with Gasteiger partial charge in [0.25, 0.3) is 5.22 Å². The molecule has 0 aliphatic rings. The minimum Gasteiger partial charge on any atom is -0.411 e. The van der Waals surface area contributed by atoms with E-state index in [-0.39, 0.29) is 17.0 Å². The van der Waals surface area contributed by atoms with Crippen molar-refractivity contribution in [1.29, 1.82) is 5.26 Å². The second-order valence-electron chi connectivity index (χ2n) is 6.10. The lowest BCUT2D eigenvalue weighted by atomic mass is 9.90. The molecule has 0 radical (unpaired) electrons. The fourth-order valence-electron chi connectivity index (χ4n) is 1.83. The number of hydrogen-bond acceptors (Lipinski definition) is 6. The van der Waals surface area contributed by atoms with Crippen molar-refractivity contribution in [2.24, 2.45) is 5.92 Å². The summed E-state index contributed by atoms with van der Waals surface area (Å²) in [5.41, 5.74) is -0.174. The van der Waals surface area contributed by atoms with Gasteiger partial charge in [-0.25, -0.2) is 0 Å². The first kappa shape index (κ1) is 19.3. The van der Waals surface area contributed by atoms with Crippen LogP contribution < -0.4 is 5.32 Å². The number of carbonyl (C=O) groups is 1. The van der Waals surface area contributed by atoms with Gasteiger partial charge in [-0.05, 0) is 44.0 Å². The second-order valence-corrected chi connectivity index (χ2v) is 7.83.